The van der Waals surface area contributed by atoms with Gasteiger partial charge in [-0.15, -0.1) is 10.2 Å². The average Bonchev–Trinajstić information content (AvgIpc) is 2.98. The van der Waals surface area contributed by atoms with Crippen LogP contribution >= 0.6 is 11.3 Å². The van der Waals surface area contributed by atoms with E-state index in [1.54, 1.807) is 20.0 Å². The number of anilines is 1. The van der Waals surface area contributed by atoms with Gasteiger partial charge in [0.15, 0.2) is 0 Å². The first kappa shape index (κ1) is 13.5. The maximum absolute atomic E-state index is 12.0. The van der Waals surface area contributed by atoms with E-state index in [-0.39, 0.29) is 11.9 Å². The number of hydrogen-bond acceptors (Lipinski definition) is 7. The van der Waals surface area contributed by atoms with Gasteiger partial charge >= 0.3 is 0 Å². The number of aromatic nitrogens is 3. The first-order chi connectivity index (χ1) is 9.10. The van der Waals surface area contributed by atoms with Crippen molar-refractivity contribution in [3.05, 3.63) is 22.9 Å². The SMILES string of the molecule is CCNc1nnc(C(=O)NC(C)c2ncc(C)o2)s1. The van der Waals surface area contributed by atoms with Crippen molar-refractivity contribution < 1.29 is 9.21 Å². The van der Waals surface area contributed by atoms with Gasteiger partial charge < -0.3 is 15.1 Å². The summed E-state index contributed by atoms with van der Waals surface area (Å²) < 4.78 is 5.36. The third kappa shape index (κ3) is 3.28. The van der Waals surface area contributed by atoms with Crippen molar-refractivity contribution >= 4 is 22.4 Å². The minimum absolute atomic E-state index is 0.287. The number of hydrogen-bond donors (Lipinski definition) is 2. The highest BCUT2D eigenvalue weighted by molar-refractivity contribution is 7.17. The fourth-order valence-electron chi connectivity index (χ4n) is 1.43. The minimum Gasteiger partial charge on any atom is -0.444 e. The molecule has 0 aliphatic rings. The van der Waals surface area contributed by atoms with E-state index in [1.807, 2.05) is 6.92 Å². The van der Waals surface area contributed by atoms with Gasteiger partial charge in [-0.25, -0.2) is 4.98 Å². The second-order valence-electron chi connectivity index (χ2n) is 3.95. The fourth-order valence-corrected chi connectivity index (χ4v) is 2.14. The first-order valence-electron chi connectivity index (χ1n) is 5.90. The Morgan fingerprint density at radius 2 is 2.32 bits per heavy atom. The summed E-state index contributed by atoms with van der Waals surface area (Å²) in [5.41, 5.74) is 0. The number of rotatable bonds is 5. The van der Waals surface area contributed by atoms with Gasteiger partial charge in [0, 0.05) is 6.54 Å². The Hall–Kier alpha value is -1.96. The molecule has 2 rings (SSSR count). The van der Waals surface area contributed by atoms with Gasteiger partial charge in [-0.2, -0.15) is 0 Å². The van der Waals surface area contributed by atoms with Gasteiger partial charge in [-0.05, 0) is 20.8 Å². The van der Waals surface area contributed by atoms with Crippen molar-refractivity contribution in [2.45, 2.75) is 26.8 Å². The second kappa shape index (κ2) is 5.79. The molecule has 1 atom stereocenters. The van der Waals surface area contributed by atoms with Crippen LogP contribution in [0.1, 0.15) is 41.3 Å². The Labute approximate surface area is 114 Å². The van der Waals surface area contributed by atoms with E-state index in [1.165, 1.54) is 11.3 Å². The molecule has 2 heterocycles. The van der Waals surface area contributed by atoms with Crippen molar-refractivity contribution in [2.24, 2.45) is 0 Å². The normalized spacial score (nSPS) is 12.2. The predicted molar refractivity (Wildman–Crippen MR) is 71.2 cm³/mol. The van der Waals surface area contributed by atoms with Crippen LogP contribution in [0.4, 0.5) is 5.13 Å². The van der Waals surface area contributed by atoms with Crippen LogP contribution in [-0.4, -0.2) is 27.6 Å². The third-order valence-corrected chi connectivity index (χ3v) is 3.18. The number of carbonyl (C=O) groups is 1. The number of amides is 1. The minimum atomic E-state index is -0.312. The molecular formula is C11H15N5O2S. The lowest BCUT2D eigenvalue weighted by atomic mass is 10.3. The summed E-state index contributed by atoms with van der Waals surface area (Å²) in [4.78, 5) is 16.0. The Morgan fingerprint density at radius 3 is 2.95 bits per heavy atom. The standard InChI is InChI=1S/C11H15N5O2S/c1-4-12-11-16-15-10(19-11)8(17)14-7(3)9-13-5-6(2)18-9/h5,7H,4H2,1-3H3,(H,12,16)(H,14,17). The molecule has 0 fully saturated rings. The summed E-state index contributed by atoms with van der Waals surface area (Å²) in [6, 6.07) is -0.312. The van der Waals surface area contributed by atoms with E-state index in [4.69, 9.17) is 4.42 Å². The summed E-state index contributed by atoms with van der Waals surface area (Å²) in [6.45, 7) is 6.30. The first-order valence-corrected chi connectivity index (χ1v) is 6.72. The maximum Gasteiger partial charge on any atom is 0.282 e. The lowest BCUT2D eigenvalue weighted by Crippen LogP contribution is -2.26. The third-order valence-electron chi connectivity index (χ3n) is 2.30. The Bertz CT molecular complexity index is 565. The van der Waals surface area contributed by atoms with Crippen LogP contribution in [-0.2, 0) is 0 Å². The molecule has 0 saturated carbocycles. The highest BCUT2D eigenvalue weighted by atomic mass is 32.1. The Kier molecular flexibility index (Phi) is 4.10. The Balaban J connectivity index is 1.99. The van der Waals surface area contributed by atoms with Crippen LogP contribution in [0.15, 0.2) is 10.6 Å². The van der Waals surface area contributed by atoms with Crippen LogP contribution in [0, 0.1) is 6.92 Å². The number of carbonyl (C=O) groups excluding carboxylic acids is 1. The molecule has 0 saturated heterocycles. The van der Waals surface area contributed by atoms with E-state index < -0.39 is 0 Å². The van der Waals surface area contributed by atoms with Crippen LogP contribution < -0.4 is 10.6 Å². The zero-order chi connectivity index (χ0) is 13.8. The topological polar surface area (TPSA) is 92.9 Å². The van der Waals surface area contributed by atoms with Crippen LogP contribution in [0.3, 0.4) is 0 Å². The van der Waals surface area contributed by atoms with E-state index in [9.17, 15) is 4.79 Å². The number of nitrogens with one attached hydrogen (secondary N) is 2. The van der Waals surface area contributed by atoms with Crippen LogP contribution in [0.5, 0.6) is 0 Å². The van der Waals surface area contributed by atoms with Gasteiger partial charge in [-0.1, -0.05) is 11.3 Å². The van der Waals surface area contributed by atoms with Crippen LogP contribution in [0.25, 0.3) is 0 Å². The van der Waals surface area contributed by atoms with Crippen molar-refractivity contribution in [3.8, 4) is 0 Å². The predicted octanol–water partition coefficient (Wildman–Crippen LogP) is 1.76. The fraction of sp³-hybridized carbons (Fsp3) is 0.455. The number of aryl methyl sites for hydroxylation is 1. The summed E-state index contributed by atoms with van der Waals surface area (Å²) in [7, 11) is 0. The van der Waals surface area contributed by atoms with Gasteiger partial charge in [0.2, 0.25) is 16.0 Å². The lowest BCUT2D eigenvalue weighted by molar-refractivity contribution is 0.0933. The summed E-state index contributed by atoms with van der Waals surface area (Å²) in [5.74, 6) is 0.897. The molecule has 1 amide bonds. The molecule has 0 spiro atoms. The molecule has 2 aromatic heterocycles. The van der Waals surface area contributed by atoms with Crippen LogP contribution in [0.2, 0.25) is 0 Å². The van der Waals surface area contributed by atoms with Gasteiger partial charge in [0.25, 0.3) is 5.91 Å². The van der Waals surface area contributed by atoms with E-state index in [2.05, 4.69) is 25.8 Å². The molecule has 0 aromatic carbocycles. The molecule has 8 heteroatoms. The van der Waals surface area contributed by atoms with Gasteiger partial charge in [0.05, 0.1) is 6.20 Å². The quantitative estimate of drug-likeness (QED) is 0.867. The van der Waals surface area contributed by atoms with Gasteiger partial charge in [-0.3, -0.25) is 4.79 Å². The average molecular weight is 281 g/mol. The molecule has 19 heavy (non-hydrogen) atoms. The van der Waals surface area contributed by atoms with Gasteiger partial charge in [0.1, 0.15) is 11.8 Å². The summed E-state index contributed by atoms with van der Waals surface area (Å²) in [6.07, 6.45) is 1.62. The molecule has 0 bridgehead atoms. The molecule has 0 radical (unpaired) electrons. The van der Waals surface area contributed by atoms with Crippen molar-refractivity contribution in [3.63, 3.8) is 0 Å². The van der Waals surface area contributed by atoms with Crippen molar-refractivity contribution in [2.75, 3.05) is 11.9 Å². The molecule has 0 aliphatic heterocycles. The van der Waals surface area contributed by atoms with E-state index in [0.717, 1.165) is 6.54 Å². The molecule has 2 aromatic rings. The molecule has 2 N–H and O–H groups in total. The maximum atomic E-state index is 12.0. The highest BCUT2D eigenvalue weighted by Crippen LogP contribution is 2.17. The lowest BCUT2D eigenvalue weighted by Gasteiger charge is -2.08. The van der Waals surface area contributed by atoms with Crippen molar-refractivity contribution in [1.82, 2.24) is 20.5 Å². The highest BCUT2D eigenvalue weighted by Gasteiger charge is 2.18. The number of nitrogens with zero attached hydrogens (tertiary/aromatic N) is 3. The summed E-state index contributed by atoms with van der Waals surface area (Å²) >= 11 is 1.21. The molecule has 7 nitrogen and oxygen atoms in total. The smallest absolute Gasteiger partial charge is 0.282 e. The zero-order valence-corrected chi connectivity index (χ0v) is 11.7. The Morgan fingerprint density at radius 1 is 1.53 bits per heavy atom. The molecule has 1 unspecified atom stereocenters. The zero-order valence-electron chi connectivity index (χ0n) is 10.9. The van der Waals surface area contributed by atoms with Crippen molar-refractivity contribution in [1.29, 1.82) is 0 Å². The monoisotopic (exact) mass is 281 g/mol. The summed E-state index contributed by atoms with van der Waals surface area (Å²) in [5, 5.41) is 14.4. The molecule has 102 valence electrons. The van der Waals surface area contributed by atoms with E-state index in [0.29, 0.717) is 21.8 Å². The molecular weight excluding hydrogens is 266 g/mol. The molecule has 0 aliphatic carbocycles. The second-order valence-corrected chi connectivity index (χ2v) is 4.92. The largest absolute Gasteiger partial charge is 0.444 e. The number of oxazole rings is 1. The van der Waals surface area contributed by atoms with E-state index >= 15 is 0 Å².